The van der Waals surface area contributed by atoms with Crippen molar-refractivity contribution in [3.05, 3.63) is 35.8 Å². The van der Waals surface area contributed by atoms with E-state index in [1.807, 2.05) is 26.2 Å². The summed E-state index contributed by atoms with van der Waals surface area (Å²) in [5, 5.41) is 10.9. The third kappa shape index (κ3) is 4.19. The SMILES string of the molecule is CCC(C)C(=O)OCC1C(O)CCC2C(C)(CCc3ccoc3)C(C)=CCC12C. The first kappa shape index (κ1) is 22.1. The monoisotopic (exact) mass is 402 g/mol. The second kappa shape index (κ2) is 8.67. The van der Waals surface area contributed by atoms with Crippen molar-refractivity contribution in [3.63, 3.8) is 0 Å². The summed E-state index contributed by atoms with van der Waals surface area (Å²) in [6, 6.07) is 2.05. The maximum atomic E-state index is 12.3. The number of aliphatic hydroxyl groups excluding tert-OH is 1. The Morgan fingerprint density at radius 1 is 1.38 bits per heavy atom. The van der Waals surface area contributed by atoms with Gasteiger partial charge in [-0.25, -0.2) is 0 Å². The minimum atomic E-state index is -0.411. The largest absolute Gasteiger partial charge is 0.472 e. The molecule has 0 aliphatic heterocycles. The molecule has 1 aromatic heterocycles. The Morgan fingerprint density at radius 2 is 2.14 bits per heavy atom. The van der Waals surface area contributed by atoms with E-state index in [2.05, 4.69) is 26.8 Å². The first-order valence-electron chi connectivity index (χ1n) is 11.3. The summed E-state index contributed by atoms with van der Waals surface area (Å²) in [5.74, 6) is 0.207. The van der Waals surface area contributed by atoms with Gasteiger partial charge in [-0.3, -0.25) is 4.79 Å². The molecule has 1 saturated carbocycles. The van der Waals surface area contributed by atoms with Crippen molar-refractivity contribution in [1.29, 1.82) is 0 Å². The number of esters is 1. The number of rotatable bonds is 7. The average Bonchev–Trinajstić information content (AvgIpc) is 3.22. The summed E-state index contributed by atoms with van der Waals surface area (Å²) in [5.41, 5.74) is 2.69. The molecular weight excluding hydrogens is 364 g/mol. The van der Waals surface area contributed by atoms with E-state index in [1.54, 1.807) is 6.26 Å². The lowest BCUT2D eigenvalue weighted by Gasteiger charge is -2.58. The van der Waals surface area contributed by atoms with E-state index in [9.17, 15) is 9.90 Å². The van der Waals surface area contributed by atoms with Crippen LogP contribution in [0, 0.1) is 28.6 Å². The second-order valence-electron chi connectivity index (χ2n) is 9.89. The number of aryl methyl sites for hydroxylation is 1. The number of allylic oxidation sites excluding steroid dienone is 2. The molecule has 6 unspecified atom stereocenters. The second-order valence-corrected chi connectivity index (χ2v) is 9.89. The first-order chi connectivity index (χ1) is 13.7. The van der Waals surface area contributed by atoms with Gasteiger partial charge in [-0.2, -0.15) is 0 Å². The maximum absolute atomic E-state index is 12.3. The van der Waals surface area contributed by atoms with Crippen LogP contribution >= 0.6 is 0 Å². The highest BCUT2D eigenvalue weighted by molar-refractivity contribution is 5.71. The normalized spacial score (nSPS) is 35.5. The Balaban J connectivity index is 1.81. The number of furan rings is 1. The number of hydrogen-bond donors (Lipinski definition) is 1. The molecule has 4 nitrogen and oxygen atoms in total. The van der Waals surface area contributed by atoms with Crippen molar-refractivity contribution < 1.29 is 19.1 Å². The Bertz CT molecular complexity index is 721. The Morgan fingerprint density at radius 3 is 2.79 bits per heavy atom. The molecule has 1 heterocycles. The highest BCUT2D eigenvalue weighted by Gasteiger charge is 2.56. The zero-order valence-electron chi connectivity index (χ0n) is 18.7. The Labute approximate surface area is 175 Å². The van der Waals surface area contributed by atoms with Gasteiger partial charge in [0.05, 0.1) is 31.2 Å². The average molecular weight is 403 g/mol. The lowest BCUT2D eigenvalue weighted by atomic mass is 9.47. The number of hydrogen-bond acceptors (Lipinski definition) is 4. The number of fused-ring (bicyclic) bond motifs is 1. The summed E-state index contributed by atoms with van der Waals surface area (Å²) in [6.45, 7) is 11.2. The highest BCUT2D eigenvalue weighted by Crippen LogP contribution is 2.61. The third-order valence-corrected chi connectivity index (χ3v) is 8.31. The quantitative estimate of drug-likeness (QED) is 0.480. The molecule has 29 heavy (non-hydrogen) atoms. The van der Waals surface area contributed by atoms with Gasteiger partial charge in [0.2, 0.25) is 0 Å². The van der Waals surface area contributed by atoms with Crippen LogP contribution in [0.3, 0.4) is 0 Å². The fraction of sp³-hybridized carbons (Fsp3) is 0.720. The third-order valence-electron chi connectivity index (χ3n) is 8.31. The molecule has 6 atom stereocenters. The summed E-state index contributed by atoms with van der Waals surface area (Å²) in [4.78, 5) is 12.3. The van der Waals surface area contributed by atoms with Gasteiger partial charge in [0, 0.05) is 5.92 Å². The topological polar surface area (TPSA) is 59.7 Å². The molecule has 162 valence electrons. The van der Waals surface area contributed by atoms with Crippen LogP contribution in [0.1, 0.15) is 72.3 Å². The zero-order chi connectivity index (χ0) is 21.2. The molecule has 0 aromatic carbocycles. The van der Waals surface area contributed by atoms with E-state index in [1.165, 1.54) is 11.1 Å². The summed E-state index contributed by atoms with van der Waals surface area (Å²) >= 11 is 0. The molecule has 0 spiro atoms. The van der Waals surface area contributed by atoms with Crippen LogP contribution in [0.2, 0.25) is 0 Å². The molecule has 1 fully saturated rings. The maximum Gasteiger partial charge on any atom is 0.308 e. The summed E-state index contributed by atoms with van der Waals surface area (Å²) in [7, 11) is 0. The van der Waals surface area contributed by atoms with Gasteiger partial charge in [-0.1, -0.05) is 39.3 Å². The highest BCUT2D eigenvalue weighted by atomic mass is 16.5. The Kier molecular flexibility index (Phi) is 6.62. The number of aliphatic hydroxyl groups is 1. The molecule has 2 aliphatic rings. The van der Waals surface area contributed by atoms with Crippen molar-refractivity contribution in [2.75, 3.05) is 6.61 Å². The summed E-state index contributed by atoms with van der Waals surface area (Å²) < 4.78 is 11.0. The first-order valence-corrected chi connectivity index (χ1v) is 11.3. The standard InChI is InChI=1S/C25H38O4/c1-6-17(2)23(27)29-16-20-21(26)7-8-22-24(4,13-10-19-11-14-28-15-19)18(3)9-12-25(20,22)5/h9,11,14-15,17,20-22,26H,6-8,10,12-13,16H2,1-5H3. The van der Waals surface area contributed by atoms with Gasteiger partial charge in [-0.15, -0.1) is 0 Å². The van der Waals surface area contributed by atoms with Gasteiger partial charge in [-0.05, 0) is 73.8 Å². The molecule has 1 N–H and O–H groups in total. The number of carbonyl (C=O) groups is 1. The zero-order valence-corrected chi connectivity index (χ0v) is 18.7. The van der Waals surface area contributed by atoms with Crippen LogP contribution in [0.15, 0.2) is 34.7 Å². The lowest BCUT2D eigenvalue weighted by molar-refractivity contribution is -0.161. The van der Waals surface area contributed by atoms with E-state index >= 15 is 0 Å². The number of carbonyl (C=O) groups excluding carboxylic acids is 1. The van der Waals surface area contributed by atoms with E-state index < -0.39 is 6.10 Å². The fourth-order valence-electron chi connectivity index (χ4n) is 5.78. The molecule has 4 heteroatoms. The Hall–Kier alpha value is -1.55. The molecule has 0 radical (unpaired) electrons. The predicted octanol–water partition coefficient (Wildman–Crippen LogP) is 5.55. The van der Waals surface area contributed by atoms with Crippen LogP contribution < -0.4 is 0 Å². The van der Waals surface area contributed by atoms with Gasteiger partial charge in [0.15, 0.2) is 0 Å². The minimum absolute atomic E-state index is 0.0214. The van der Waals surface area contributed by atoms with Crippen LogP contribution in [-0.4, -0.2) is 23.8 Å². The van der Waals surface area contributed by atoms with Crippen LogP contribution in [0.5, 0.6) is 0 Å². The minimum Gasteiger partial charge on any atom is -0.472 e. The van der Waals surface area contributed by atoms with Crippen LogP contribution in [-0.2, 0) is 16.0 Å². The van der Waals surface area contributed by atoms with E-state index in [-0.39, 0.29) is 28.6 Å². The van der Waals surface area contributed by atoms with Crippen molar-refractivity contribution >= 4 is 5.97 Å². The van der Waals surface area contributed by atoms with Crippen LogP contribution in [0.4, 0.5) is 0 Å². The molecule has 0 bridgehead atoms. The van der Waals surface area contributed by atoms with Crippen molar-refractivity contribution in [2.45, 2.75) is 79.2 Å². The van der Waals surface area contributed by atoms with E-state index in [0.29, 0.717) is 12.5 Å². The lowest BCUT2D eigenvalue weighted by Crippen LogP contribution is -2.55. The smallest absolute Gasteiger partial charge is 0.308 e. The van der Waals surface area contributed by atoms with Crippen molar-refractivity contribution in [3.8, 4) is 0 Å². The number of ether oxygens (including phenoxy) is 1. The van der Waals surface area contributed by atoms with E-state index in [0.717, 1.165) is 38.5 Å². The molecule has 3 rings (SSSR count). The van der Waals surface area contributed by atoms with Gasteiger partial charge < -0.3 is 14.3 Å². The van der Waals surface area contributed by atoms with Crippen molar-refractivity contribution in [2.24, 2.45) is 28.6 Å². The van der Waals surface area contributed by atoms with Gasteiger partial charge in [0.1, 0.15) is 0 Å². The van der Waals surface area contributed by atoms with E-state index in [4.69, 9.17) is 9.15 Å². The molecule has 0 amide bonds. The molecular formula is C25H38O4. The molecule has 2 aliphatic carbocycles. The molecule has 0 saturated heterocycles. The van der Waals surface area contributed by atoms with Gasteiger partial charge in [0.25, 0.3) is 0 Å². The van der Waals surface area contributed by atoms with Gasteiger partial charge >= 0.3 is 5.97 Å². The molecule has 1 aromatic rings. The van der Waals surface area contributed by atoms with Crippen molar-refractivity contribution in [1.82, 2.24) is 0 Å². The fourth-order valence-corrected chi connectivity index (χ4v) is 5.78. The summed E-state index contributed by atoms with van der Waals surface area (Å²) in [6.07, 6.45) is 11.1. The predicted molar refractivity (Wildman–Crippen MR) is 114 cm³/mol. The van der Waals surface area contributed by atoms with Crippen LogP contribution in [0.25, 0.3) is 0 Å².